The summed E-state index contributed by atoms with van der Waals surface area (Å²) in [6.45, 7) is 12.1. The van der Waals surface area contributed by atoms with Crippen molar-refractivity contribution in [3.05, 3.63) is 23.0 Å². The van der Waals surface area contributed by atoms with Gasteiger partial charge in [0.25, 0.3) is 0 Å². The largest absolute Gasteiger partial charge is 0.349 e. The lowest BCUT2D eigenvalue weighted by Gasteiger charge is -2.33. The number of ketones is 1. The molecule has 1 aliphatic heterocycles. The molecule has 0 radical (unpaired) electrons. The van der Waals surface area contributed by atoms with Crippen LogP contribution in [0.15, 0.2) is 6.07 Å². The van der Waals surface area contributed by atoms with Gasteiger partial charge < -0.3 is 9.47 Å². The molecule has 21 heavy (non-hydrogen) atoms. The number of carbonyl (C=O) groups is 2. The summed E-state index contributed by atoms with van der Waals surface area (Å²) in [7, 11) is 0. The third-order valence-electron chi connectivity index (χ3n) is 4.38. The van der Waals surface area contributed by atoms with Crippen LogP contribution < -0.4 is 0 Å². The second-order valence-electron chi connectivity index (χ2n) is 5.73. The van der Waals surface area contributed by atoms with Gasteiger partial charge in [-0.25, -0.2) is 0 Å². The van der Waals surface area contributed by atoms with E-state index in [9.17, 15) is 9.59 Å². The van der Waals surface area contributed by atoms with Crippen LogP contribution >= 0.6 is 0 Å². The average Bonchev–Trinajstić information content (AvgIpc) is 2.74. The SMILES string of the molecule is CCn1c(C)cc(C(=O)CN2CCN(C(C)=O)CC2)c1C. The summed E-state index contributed by atoms with van der Waals surface area (Å²) in [6.07, 6.45) is 0. The molecule has 0 saturated carbocycles. The Bertz CT molecular complexity index is 540. The fourth-order valence-corrected chi connectivity index (χ4v) is 3.08. The van der Waals surface area contributed by atoms with Crippen LogP contribution in [0.5, 0.6) is 0 Å². The maximum absolute atomic E-state index is 12.5. The molecule has 1 aromatic heterocycles. The molecule has 0 atom stereocenters. The van der Waals surface area contributed by atoms with Crippen LogP contribution in [-0.4, -0.2) is 58.8 Å². The van der Waals surface area contributed by atoms with Crippen molar-refractivity contribution in [2.45, 2.75) is 34.2 Å². The Morgan fingerprint density at radius 1 is 1.14 bits per heavy atom. The predicted molar refractivity (Wildman–Crippen MR) is 82.6 cm³/mol. The van der Waals surface area contributed by atoms with E-state index in [0.29, 0.717) is 6.54 Å². The Balaban J connectivity index is 1.98. The van der Waals surface area contributed by atoms with Gasteiger partial charge in [-0.15, -0.1) is 0 Å². The molecule has 0 bridgehead atoms. The van der Waals surface area contributed by atoms with Crippen LogP contribution in [0.1, 0.15) is 35.6 Å². The Morgan fingerprint density at radius 3 is 2.24 bits per heavy atom. The van der Waals surface area contributed by atoms with Gasteiger partial charge in [0.1, 0.15) is 0 Å². The normalized spacial score (nSPS) is 16.3. The van der Waals surface area contributed by atoms with Gasteiger partial charge in [0, 0.05) is 56.6 Å². The topological polar surface area (TPSA) is 45.6 Å². The quantitative estimate of drug-likeness (QED) is 0.789. The van der Waals surface area contributed by atoms with Crippen LogP contribution in [0.3, 0.4) is 0 Å². The molecule has 1 aromatic rings. The van der Waals surface area contributed by atoms with Crippen molar-refractivity contribution in [2.75, 3.05) is 32.7 Å². The van der Waals surface area contributed by atoms with Crippen LogP contribution in [0, 0.1) is 13.8 Å². The third kappa shape index (κ3) is 3.35. The highest BCUT2D eigenvalue weighted by molar-refractivity contribution is 5.99. The average molecular weight is 291 g/mol. The number of piperazine rings is 1. The van der Waals surface area contributed by atoms with Gasteiger partial charge in [0.15, 0.2) is 5.78 Å². The predicted octanol–water partition coefficient (Wildman–Crippen LogP) is 1.47. The molecule has 2 heterocycles. The molecule has 2 rings (SSSR count). The Labute approximate surface area is 126 Å². The fraction of sp³-hybridized carbons (Fsp3) is 0.625. The van der Waals surface area contributed by atoms with Crippen molar-refractivity contribution in [3.63, 3.8) is 0 Å². The summed E-state index contributed by atoms with van der Waals surface area (Å²) < 4.78 is 2.17. The highest BCUT2D eigenvalue weighted by Crippen LogP contribution is 2.16. The number of nitrogens with zero attached hydrogens (tertiary/aromatic N) is 3. The van der Waals surface area contributed by atoms with E-state index < -0.39 is 0 Å². The molecule has 116 valence electrons. The minimum atomic E-state index is 0.118. The first-order chi connectivity index (χ1) is 9.93. The molecule has 5 heteroatoms. The number of aryl methyl sites for hydroxylation is 1. The molecule has 0 N–H and O–H groups in total. The van der Waals surface area contributed by atoms with E-state index in [1.54, 1.807) is 6.92 Å². The van der Waals surface area contributed by atoms with Crippen molar-refractivity contribution >= 4 is 11.7 Å². The third-order valence-corrected chi connectivity index (χ3v) is 4.38. The van der Waals surface area contributed by atoms with E-state index in [0.717, 1.165) is 49.7 Å². The summed E-state index contributed by atoms with van der Waals surface area (Å²) in [6, 6.07) is 1.99. The summed E-state index contributed by atoms with van der Waals surface area (Å²) >= 11 is 0. The maximum atomic E-state index is 12.5. The second kappa shape index (κ2) is 6.43. The molecule has 5 nitrogen and oxygen atoms in total. The molecule has 0 unspecified atom stereocenters. The highest BCUT2D eigenvalue weighted by Gasteiger charge is 2.22. The molecule has 1 fully saturated rings. The van der Waals surface area contributed by atoms with Gasteiger partial charge in [-0.05, 0) is 26.8 Å². The number of amides is 1. The first kappa shape index (κ1) is 15.8. The van der Waals surface area contributed by atoms with E-state index in [-0.39, 0.29) is 11.7 Å². The van der Waals surface area contributed by atoms with Crippen molar-refractivity contribution in [1.29, 1.82) is 0 Å². The second-order valence-corrected chi connectivity index (χ2v) is 5.73. The lowest BCUT2D eigenvalue weighted by Crippen LogP contribution is -2.49. The smallest absolute Gasteiger partial charge is 0.219 e. The van der Waals surface area contributed by atoms with Crippen molar-refractivity contribution in [3.8, 4) is 0 Å². The number of Topliss-reactive ketones (excluding diaryl/α,β-unsaturated/α-hetero) is 1. The molecule has 0 aliphatic carbocycles. The summed E-state index contributed by atoms with van der Waals surface area (Å²) in [4.78, 5) is 27.8. The standard InChI is InChI=1S/C16H25N3O2/c1-5-19-12(2)10-15(13(19)3)16(21)11-17-6-8-18(9-7-17)14(4)20/h10H,5-9,11H2,1-4H3. The van der Waals surface area contributed by atoms with Crippen molar-refractivity contribution in [2.24, 2.45) is 0 Å². The van der Waals surface area contributed by atoms with Crippen LogP contribution in [0.4, 0.5) is 0 Å². The van der Waals surface area contributed by atoms with Crippen LogP contribution in [-0.2, 0) is 11.3 Å². The zero-order chi connectivity index (χ0) is 15.6. The van der Waals surface area contributed by atoms with Crippen LogP contribution in [0.2, 0.25) is 0 Å². The Hall–Kier alpha value is -1.62. The Morgan fingerprint density at radius 2 is 1.76 bits per heavy atom. The van der Waals surface area contributed by atoms with E-state index in [1.165, 1.54) is 0 Å². The molecular formula is C16H25N3O2. The number of hydrogen-bond acceptors (Lipinski definition) is 3. The van der Waals surface area contributed by atoms with E-state index in [2.05, 4.69) is 16.4 Å². The van der Waals surface area contributed by atoms with Gasteiger partial charge in [-0.1, -0.05) is 0 Å². The lowest BCUT2D eigenvalue weighted by atomic mass is 10.1. The molecular weight excluding hydrogens is 266 g/mol. The molecule has 0 aromatic carbocycles. The zero-order valence-corrected chi connectivity index (χ0v) is 13.5. The van der Waals surface area contributed by atoms with E-state index in [1.807, 2.05) is 24.8 Å². The van der Waals surface area contributed by atoms with Gasteiger partial charge >= 0.3 is 0 Å². The minimum absolute atomic E-state index is 0.118. The van der Waals surface area contributed by atoms with Gasteiger partial charge in [-0.3, -0.25) is 14.5 Å². The summed E-state index contributed by atoms with van der Waals surface area (Å²) in [5.41, 5.74) is 3.03. The maximum Gasteiger partial charge on any atom is 0.219 e. The van der Waals surface area contributed by atoms with E-state index >= 15 is 0 Å². The highest BCUT2D eigenvalue weighted by atomic mass is 16.2. The van der Waals surface area contributed by atoms with Crippen molar-refractivity contribution < 1.29 is 9.59 Å². The number of rotatable bonds is 4. The zero-order valence-electron chi connectivity index (χ0n) is 13.5. The first-order valence-electron chi connectivity index (χ1n) is 7.61. The molecule has 1 aliphatic rings. The number of carbonyl (C=O) groups excluding carboxylic acids is 2. The minimum Gasteiger partial charge on any atom is -0.349 e. The number of aromatic nitrogens is 1. The molecule has 0 spiro atoms. The monoisotopic (exact) mass is 291 g/mol. The number of hydrogen-bond donors (Lipinski definition) is 0. The molecule has 1 amide bonds. The fourth-order valence-electron chi connectivity index (χ4n) is 3.08. The van der Waals surface area contributed by atoms with Gasteiger partial charge in [0.2, 0.25) is 5.91 Å². The summed E-state index contributed by atoms with van der Waals surface area (Å²) in [5, 5.41) is 0. The first-order valence-corrected chi connectivity index (χ1v) is 7.61. The summed E-state index contributed by atoms with van der Waals surface area (Å²) in [5.74, 6) is 0.298. The van der Waals surface area contributed by atoms with E-state index in [4.69, 9.17) is 0 Å². The van der Waals surface area contributed by atoms with Gasteiger partial charge in [0.05, 0.1) is 6.54 Å². The molecule has 1 saturated heterocycles. The Kier molecular flexibility index (Phi) is 4.83. The van der Waals surface area contributed by atoms with Gasteiger partial charge in [-0.2, -0.15) is 0 Å². The van der Waals surface area contributed by atoms with Crippen LogP contribution in [0.25, 0.3) is 0 Å². The lowest BCUT2D eigenvalue weighted by molar-refractivity contribution is -0.130. The van der Waals surface area contributed by atoms with Crippen molar-refractivity contribution in [1.82, 2.24) is 14.4 Å².